The Bertz CT molecular complexity index is 788. The van der Waals surface area contributed by atoms with Gasteiger partial charge in [0, 0.05) is 37.6 Å². The molecule has 0 radical (unpaired) electrons. The van der Waals surface area contributed by atoms with Crippen LogP contribution in [0.3, 0.4) is 0 Å². The van der Waals surface area contributed by atoms with Gasteiger partial charge in [-0.1, -0.05) is 13.8 Å². The highest BCUT2D eigenvalue weighted by Gasteiger charge is 2.26. The summed E-state index contributed by atoms with van der Waals surface area (Å²) in [5.41, 5.74) is 2.15. The number of piperidine rings is 1. The van der Waals surface area contributed by atoms with Crippen LogP contribution in [0.15, 0.2) is 18.6 Å². The van der Waals surface area contributed by atoms with Gasteiger partial charge in [0.1, 0.15) is 5.56 Å². The second-order valence-electron chi connectivity index (χ2n) is 6.47. The molecule has 2 aromatic heterocycles. The fraction of sp³-hybridized carbons (Fsp3) is 0.556. The Morgan fingerprint density at radius 1 is 1.40 bits per heavy atom. The molecule has 0 aliphatic carbocycles. The molecular weight excluding hydrogens is 316 g/mol. The van der Waals surface area contributed by atoms with E-state index in [2.05, 4.69) is 34.9 Å². The van der Waals surface area contributed by atoms with Crippen LogP contribution in [-0.4, -0.2) is 56.5 Å². The number of fused-ring (bicyclic) bond motifs is 1. The van der Waals surface area contributed by atoms with Gasteiger partial charge in [-0.3, -0.25) is 9.69 Å². The third-order valence-corrected chi connectivity index (χ3v) is 4.83. The second-order valence-corrected chi connectivity index (χ2v) is 6.47. The summed E-state index contributed by atoms with van der Waals surface area (Å²) in [6, 6.07) is 2.27. The molecular formula is C18H24N6O. The van der Waals surface area contributed by atoms with Crippen molar-refractivity contribution in [3.8, 4) is 6.07 Å². The average molecular weight is 340 g/mol. The summed E-state index contributed by atoms with van der Waals surface area (Å²) in [6.07, 6.45) is 7.07. The standard InChI is InChI=1S/C18H24N6O/c1-3-22(4-2)11-15-9-20-17-16(10-21-24(17)13-15)18(25)23-7-5-6-14(8-19)12-23/h9-10,13-14H,3-7,11-12H2,1-2H3/t14-/m1/s1. The third kappa shape index (κ3) is 3.64. The lowest BCUT2D eigenvalue weighted by Crippen LogP contribution is -2.39. The molecule has 0 aromatic carbocycles. The zero-order valence-corrected chi connectivity index (χ0v) is 14.9. The first-order valence-electron chi connectivity index (χ1n) is 8.89. The molecule has 7 heteroatoms. The minimum Gasteiger partial charge on any atom is -0.337 e. The van der Waals surface area contributed by atoms with Gasteiger partial charge in [0.15, 0.2) is 5.65 Å². The molecule has 0 N–H and O–H groups in total. The number of amides is 1. The molecule has 0 bridgehead atoms. The van der Waals surface area contributed by atoms with Crippen LogP contribution >= 0.6 is 0 Å². The van der Waals surface area contributed by atoms with Crippen molar-refractivity contribution >= 4 is 11.6 Å². The van der Waals surface area contributed by atoms with E-state index < -0.39 is 0 Å². The van der Waals surface area contributed by atoms with Gasteiger partial charge in [-0.15, -0.1) is 0 Å². The molecule has 1 aliphatic heterocycles. The maximum absolute atomic E-state index is 12.8. The van der Waals surface area contributed by atoms with E-state index in [1.807, 2.05) is 12.4 Å². The fourth-order valence-electron chi connectivity index (χ4n) is 3.29. The zero-order valence-electron chi connectivity index (χ0n) is 14.9. The quantitative estimate of drug-likeness (QED) is 0.831. The largest absolute Gasteiger partial charge is 0.337 e. The first kappa shape index (κ1) is 17.4. The highest BCUT2D eigenvalue weighted by Crippen LogP contribution is 2.19. The van der Waals surface area contributed by atoms with Crippen LogP contribution in [0.5, 0.6) is 0 Å². The van der Waals surface area contributed by atoms with Crippen LogP contribution in [0.4, 0.5) is 0 Å². The number of aromatic nitrogens is 3. The Labute approximate surface area is 147 Å². The molecule has 25 heavy (non-hydrogen) atoms. The highest BCUT2D eigenvalue weighted by atomic mass is 16.2. The summed E-state index contributed by atoms with van der Waals surface area (Å²) >= 11 is 0. The molecule has 132 valence electrons. The SMILES string of the molecule is CCN(CC)Cc1cnc2c(C(=O)N3CCC[C@H](C#N)C3)cnn2c1. The Morgan fingerprint density at radius 3 is 2.92 bits per heavy atom. The minimum absolute atomic E-state index is 0.0758. The first-order valence-corrected chi connectivity index (χ1v) is 8.89. The number of hydrogen-bond donors (Lipinski definition) is 0. The number of rotatable bonds is 5. The molecule has 0 saturated carbocycles. The molecule has 1 amide bonds. The van der Waals surface area contributed by atoms with E-state index in [1.165, 1.54) is 0 Å². The molecule has 1 saturated heterocycles. The van der Waals surface area contributed by atoms with Crippen molar-refractivity contribution in [1.29, 1.82) is 5.26 Å². The van der Waals surface area contributed by atoms with Gasteiger partial charge in [0.2, 0.25) is 0 Å². The van der Waals surface area contributed by atoms with E-state index >= 15 is 0 Å². The lowest BCUT2D eigenvalue weighted by Gasteiger charge is -2.29. The Balaban J connectivity index is 1.81. The van der Waals surface area contributed by atoms with Crippen molar-refractivity contribution in [2.24, 2.45) is 5.92 Å². The third-order valence-electron chi connectivity index (χ3n) is 4.83. The molecule has 1 fully saturated rings. The van der Waals surface area contributed by atoms with Crippen LogP contribution < -0.4 is 0 Å². The molecule has 7 nitrogen and oxygen atoms in total. The fourth-order valence-corrected chi connectivity index (χ4v) is 3.29. The summed E-state index contributed by atoms with van der Waals surface area (Å²) in [4.78, 5) is 21.3. The van der Waals surface area contributed by atoms with Crippen LogP contribution in [0.25, 0.3) is 5.65 Å². The number of hydrogen-bond acceptors (Lipinski definition) is 5. The van der Waals surface area contributed by atoms with Gasteiger partial charge >= 0.3 is 0 Å². The van der Waals surface area contributed by atoms with Gasteiger partial charge < -0.3 is 4.90 Å². The van der Waals surface area contributed by atoms with Gasteiger partial charge in [-0.25, -0.2) is 9.50 Å². The summed E-state index contributed by atoms with van der Waals surface area (Å²) in [5.74, 6) is -0.160. The van der Waals surface area contributed by atoms with E-state index in [9.17, 15) is 4.79 Å². The summed E-state index contributed by atoms with van der Waals surface area (Å²) in [6.45, 7) is 8.22. The predicted octanol–water partition coefficient (Wildman–Crippen LogP) is 1.95. The highest BCUT2D eigenvalue weighted by molar-refractivity contribution is 5.99. The number of nitriles is 1. The van der Waals surface area contributed by atoms with Crippen molar-refractivity contribution in [2.75, 3.05) is 26.2 Å². The van der Waals surface area contributed by atoms with Crippen molar-refractivity contribution in [3.63, 3.8) is 0 Å². The van der Waals surface area contributed by atoms with Gasteiger partial charge in [-0.2, -0.15) is 10.4 Å². The number of carbonyl (C=O) groups excluding carboxylic acids is 1. The van der Waals surface area contributed by atoms with Crippen molar-refractivity contribution in [1.82, 2.24) is 24.4 Å². The van der Waals surface area contributed by atoms with Crippen molar-refractivity contribution < 1.29 is 4.79 Å². The maximum Gasteiger partial charge on any atom is 0.259 e. The summed E-state index contributed by atoms with van der Waals surface area (Å²) in [5, 5.41) is 13.4. The Hall–Kier alpha value is -2.46. The lowest BCUT2D eigenvalue weighted by molar-refractivity contribution is 0.0700. The van der Waals surface area contributed by atoms with Crippen LogP contribution in [0.2, 0.25) is 0 Å². The second kappa shape index (κ2) is 7.62. The van der Waals surface area contributed by atoms with Crippen molar-refractivity contribution in [2.45, 2.75) is 33.2 Å². The van der Waals surface area contributed by atoms with E-state index in [0.29, 0.717) is 24.3 Å². The number of nitrogens with zero attached hydrogens (tertiary/aromatic N) is 6. The Morgan fingerprint density at radius 2 is 2.20 bits per heavy atom. The lowest BCUT2D eigenvalue weighted by atomic mass is 9.99. The summed E-state index contributed by atoms with van der Waals surface area (Å²) in [7, 11) is 0. The summed E-state index contributed by atoms with van der Waals surface area (Å²) < 4.78 is 1.68. The van der Waals surface area contributed by atoms with Crippen LogP contribution in [0.1, 0.15) is 42.6 Å². The minimum atomic E-state index is -0.0843. The molecule has 0 spiro atoms. The van der Waals surface area contributed by atoms with Gasteiger partial charge in [0.05, 0.1) is 18.2 Å². The average Bonchev–Trinajstić information content (AvgIpc) is 3.08. The topological polar surface area (TPSA) is 77.5 Å². The number of likely N-dealkylation sites (tertiary alicyclic amines) is 1. The maximum atomic E-state index is 12.8. The molecule has 3 rings (SSSR count). The smallest absolute Gasteiger partial charge is 0.259 e. The molecule has 1 aliphatic rings. The van der Waals surface area contributed by atoms with Crippen LogP contribution in [0, 0.1) is 17.2 Å². The first-order chi connectivity index (χ1) is 12.2. The monoisotopic (exact) mass is 340 g/mol. The van der Waals surface area contributed by atoms with E-state index in [0.717, 1.165) is 38.0 Å². The van der Waals surface area contributed by atoms with Crippen molar-refractivity contribution in [3.05, 3.63) is 29.7 Å². The number of carbonyl (C=O) groups is 1. The van der Waals surface area contributed by atoms with Gasteiger partial charge in [-0.05, 0) is 25.9 Å². The van der Waals surface area contributed by atoms with E-state index in [1.54, 1.807) is 15.6 Å². The van der Waals surface area contributed by atoms with E-state index in [-0.39, 0.29) is 11.8 Å². The van der Waals surface area contributed by atoms with E-state index in [4.69, 9.17) is 5.26 Å². The zero-order chi connectivity index (χ0) is 17.8. The van der Waals surface area contributed by atoms with Gasteiger partial charge in [0.25, 0.3) is 5.91 Å². The molecule has 3 heterocycles. The normalized spacial score (nSPS) is 17.8. The molecule has 2 aromatic rings. The molecule has 1 atom stereocenters. The van der Waals surface area contributed by atoms with Crippen LogP contribution in [-0.2, 0) is 6.54 Å². The molecule has 0 unspecified atom stereocenters. The predicted molar refractivity (Wildman–Crippen MR) is 93.9 cm³/mol. The Kier molecular flexibility index (Phi) is 5.29.